The van der Waals surface area contributed by atoms with Gasteiger partial charge in [-0.2, -0.15) is 25.3 Å². The van der Waals surface area contributed by atoms with E-state index < -0.39 is 73.5 Å². The maximum absolute atomic E-state index is 12.6. The fourth-order valence-corrected chi connectivity index (χ4v) is 4.51. The van der Waals surface area contributed by atoms with Crippen LogP contribution in [0, 0.1) is 0 Å². The van der Waals surface area contributed by atoms with Gasteiger partial charge in [0.25, 0.3) is 36.3 Å². The lowest BCUT2D eigenvalue weighted by Gasteiger charge is -2.43. The van der Waals surface area contributed by atoms with Crippen molar-refractivity contribution in [3.63, 3.8) is 0 Å². The van der Waals surface area contributed by atoms with Gasteiger partial charge in [-0.25, -0.2) is 0 Å². The third-order valence-corrected chi connectivity index (χ3v) is 5.73. The number of hydrogen-bond donors (Lipinski definition) is 2. The zero-order valence-electron chi connectivity index (χ0n) is 17.1. The molecule has 0 aromatic heterocycles. The van der Waals surface area contributed by atoms with Crippen LogP contribution >= 0.6 is 0 Å². The second kappa shape index (κ2) is 10.1. The smallest absolute Gasteiger partial charge is 0.264 e. The lowest BCUT2D eigenvalue weighted by atomic mass is 9.96. The average Bonchev–Trinajstić information content (AvgIpc) is 2.63. The van der Waals surface area contributed by atoms with Crippen molar-refractivity contribution in [2.45, 2.75) is 30.6 Å². The number of aliphatic hydroxyl groups excluding tert-OH is 1. The molecule has 2 unspecified atom stereocenters. The van der Waals surface area contributed by atoms with E-state index >= 15 is 0 Å². The van der Waals surface area contributed by atoms with Crippen molar-refractivity contribution in [1.29, 1.82) is 0 Å². The van der Waals surface area contributed by atoms with E-state index in [1.54, 1.807) is 18.2 Å². The van der Waals surface area contributed by atoms with E-state index in [1.807, 2.05) is 0 Å². The number of benzene rings is 1. The molecule has 182 valence electrons. The molecular weight excluding hydrogens is 494 g/mol. The number of carbonyl (C=O) groups excluding carboxylic acids is 1. The monoisotopic (exact) mass is 517 g/mol. The van der Waals surface area contributed by atoms with Gasteiger partial charge in [-0.05, 0) is 12.1 Å². The maximum atomic E-state index is 12.6. The number of ether oxygens (including phenoxy) is 1. The molecule has 0 aliphatic carbocycles. The van der Waals surface area contributed by atoms with Gasteiger partial charge in [0.1, 0.15) is 24.4 Å². The largest absolute Gasteiger partial charge is 0.366 e. The molecule has 16 heteroatoms. The molecule has 0 radical (unpaired) electrons. The van der Waals surface area contributed by atoms with Crippen molar-refractivity contribution in [3.05, 3.63) is 35.9 Å². The lowest BCUT2D eigenvalue weighted by Crippen LogP contribution is -2.66. The first-order valence-corrected chi connectivity index (χ1v) is 14.3. The maximum Gasteiger partial charge on any atom is 0.264 e. The Hall–Kier alpha value is -1.66. The van der Waals surface area contributed by atoms with Gasteiger partial charge in [0.15, 0.2) is 6.29 Å². The van der Waals surface area contributed by atoms with Gasteiger partial charge in [0.05, 0.1) is 25.4 Å². The highest BCUT2D eigenvalue weighted by atomic mass is 32.2. The molecule has 1 saturated heterocycles. The van der Waals surface area contributed by atoms with Gasteiger partial charge < -0.3 is 15.2 Å². The highest BCUT2D eigenvalue weighted by molar-refractivity contribution is 7.86. The van der Waals surface area contributed by atoms with Crippen LogP contribution < -0.4 is 5.32 Å². The normalized spacial score (nSPS) is 27.1. The lowest BCUT2D eigenvalue weighted by molar-refractivity contribution is -0.239. The topological polar surface area (TPSA) is 189 Å². The number of rotatable bonds is 9. The second-order valence-corrected chi connectivity index (χ2v) is 11.8. The van der Waals surface area contributed by atoms with E-state index in [-0.39, 0.29) is 5.56 Å². The molecule has 1 aromatic carbocycles. The molecule has 0 saturated carbocycles. The molecular formula is C16H23NO12S3. The van der Waals surface area contributed by atoms with E-state index in [4.69, 9.17) is 13.1 Å². The van der Waals surface area contributed by atoms with Crippen LogP contribution in [0.15, 0.2) is 30.3 Å². The van der Waals surface area contributed by atoms with Gasteiger partial charge in [-0.15, -0.1) is 0 Å². The zero-order valence-corrected chi connectivity index (χ0v) is 19.6. The number of nitrogens with one attached hydrogen (secondary N) is 1. The Kier molecular flexibility index (Phi) is 8.38. The summed E-state index contributed by atoms with van der Waals surface area (Å²) in [7, 11) is -12.6. The molecule has 1 aliphatic heterocycles. The number of hydrogen-bond acceptors (Lipinski definition) is 12. The Bertz CT molecular complexity index is 1120. The van der Waals surface area contributed by atoms with E-state index in [2.05, 4.69) is 9.50 Å². The fraction of sp³-hybridized carbons (Fsp3) is 0.562. The average molecular weight is 518 g/mol. The van der Waals surface area contributed by atoms with Crippen LogP contribution in [0.1, 0.15) is 10.4 Å². The van der Waals surface area contributed by atoms with E-state index in [0.29, 0.717) is 18.8 Å². The zero-order chi connectivity index (χ0) is 24.3. The van der Waals surface area contributed by atoms with Crippen molar-refractivity contribution in [2.24, 2.45) is 0 Å². The summed E-state index contributed by atoms with van der Waals surface area (Å²) in [5.74, 6) is -0.760. The van der Waals surface area contributed by atoms with Gasteiger partial charge >= 0.3 is 0 Å². The first-order chi connectivity index (χ1) is 14.6. The number of aliphatic hydroxyl groups is 1. The van der Waals surface area contributed by atoms with Gasteiger partial charge in [-0.3, -0.25) is 17.3 Å². The minimum absolute atomic E-state index is 0.140. The molecule has 2 rings (SSSR count). The molecule has 0 bridgehead atoms. The Balaban J connectivity index is 2.44. The predicted octanol–water partition coefficient (Wildman–Crippen LogP) is -1.83. The summed E-state index contributed by atoms with van der Waals surface area (Å²) >= 11 is 0. The third-order valence-electron chi connectivity index (χ3n) is 4.02. The summed E-state index contributed by atoms with van der Waals surface area (Å²) in [5.41, 5.74) is 0.140. The summed E-state index contributed by atoms with van der Waals surface area (Å²) < 4.78 is 89.6. The van der Waals surface area contributed by atoms with E-state index in [9.17, 15) is 35.2 Å². The Morgan fingerprint density at radius 1 is 0.938 bits per heavy atom. The minimum Gasteiger partial charge on any atom is -0.366 e. The van der Waals surface area contributed by atoms with Crippen LogP contribution in [-0.2, 0) is 47.6 Å². The van der Waals surface area contributed by atoms with Crippen molar-refractivity contribution in [2.75, 3.05) is 25.4 Å². The van der Waals surface area contributed by atoms with Crippen molar-refractivity contribution < 1.29 is 52.4 Å². The molecule has 2 N–H and O–H groups in total. The van der Waals surface area contributed by atoms with Crippen molar-refractivity contribution in [1.82, 2.24) is 5.32 Å². The molecule has 1 aliphatic rings. The second-order valence-electron chi connectivity index (χ2n) is 6.95. The quantitative estimate of drug-likeness (QED) is 0.349. The summed E-state index contributed by atoms with van der Waals surface area (Å²) in [6.07, 6.45) is -5.17. The molecule has 5 atom stereocenters. The summed E-state index contributed by atoms with van der Waals surface area (Å²) in [6.45, 7) is -0.834. The Morgan fingerprint density at radius 3 is 1.97 bits per heavy atom. The SMILES string of the molecule is CS(=O)(=O)OCC1O[C@@H](O)C(NC(=O)c2ccccc2)[C@@H](OS(C)(=O)=O)[C@@H]1OS(C)(=O)=O. The number of amides is 1. The minimum atomic E-state index is -4.29. The summed E-state index contributed by atoms with van der Waals surface area (Å²) in [6, 6.07) is 6.00. The van der Waals surface area contributed by atoms with Crippen LogP contribution in [0.25, 0.3) is 0 Å². The molecule has 13 nitrogen and oxygen atoms in total. The first-order valence-electron chi connectivity index (χ1n) is 8.86. The first kappa shape index (κ1) is 26.6. The highest BCUT2D eigenvalue weighted by Gasteiger charge is 2.51. The molecule has 1 amide bonds. The standard InChI is InChI=1S/C16H23NO12S3/c1-30(20,21)26-9-11-13(28-31(2,22)23)14(29-32(3,24)25)12(16(19)27-11)17-15(18)10-7-5-4-6-8-10/h4-8,11-14,16,19H,9H2,1-3H3,(H,17,18)/t11?,12?,13-,14-,16-/m1/s1. The van der Waals surface area contributed by atoms with E-state index in [1.165, 1.54) is 12.1 Å². The van der Waals surface area contributed by atoms with Gasteiger partial charge in [-0.1, -0.05) is 18.2 Å². The predicted molar refractivity (Wildman–Crippen MR) is 109 cm³/mol. The van der Waals surface area contributed by atoms with Crippen LogP contribution in [0.2, 0.25) is 0 Å². The molecule has 0 spiro atoms. The molecule has 1 heterocycles. The Labute approximate surface area is 186 Å². The van der Waals surface area contributed by atoms with Crippen molar-refractivity contribution in [3.8, 4) is 0 Å². The fourth-order valence-electron chi connectivity index (χ4n) is 2.86. The van der Waals surface area contributed by atoms with Crippen LogP contribution in [-0.4, -0.2) is 92.3 Å². The Morgan fingerprint density at radius 2 is 1.47 bits per heavy atom. The van der Waals surface area contributed by atoms with E-state index in [0.717, 1.165) is 0 Å². The van der Waals surface area contributed by atoms with Crippen LogP contribution in [0.3, 0.4) is 0 Å². The summed E-state index contributed by atoms with van der Waals surface area (Å²) in [4.78, 5) is 12.6. The molecule has 1 aromatic rings. The summed E-state index contributed by atoms with van der Waals surface area (Å²) in [5, 5.41) is 12.8. The highest BCUT2D eigenvalue weighted by Crippen LogP contribution is 2.28. The van der Waals surface area contributed by atoms with Crippen LogP contribution in [0.4, 0.5) is 0 Å². The number of carbonyl (C=O) groups is 1. The third kappa shape index (κ3) is 8.36. The van der Waals surface area contributed by atoms with Gasteiger partial charge in [0.2, 0.25) is 0 Å². The van der Waals surface area contributed by atoms with Crippen LogP contribution in [0.5, 0.6) is 0 Å². The van der Waals surface area contributed by atoms with Gasteiger partial charge in [0, 0.05) is 5.56 Å². The van der Waals surface area contributed by atoms with Crippen molar-refractivity contribution >= 4 is 36.3 Å². The molecule has 32 heavy (non-hydrogen) atoms. The molecule has 1 fully saturated rings.